The van der Waals surface area contributed by atoms with E-state index in [1.807, 2.05) is 13.8 Å². The van der Waals surface area contributed by atoms with Gasteiger partial charge in [0.05, 0.1) is 6.10 Å². The fraction of sp³-hybridized carbons (Fsp3) is 0.731. The summed E-state index contributed by atoms with van der Waals surface area (Å²) in [4.78, 5) is 37.0. The van der Waals surface area contributed by atoms with Gasteiger partial charge in [0, 0.05) is 23.7 Å². The molecule has 174 valence electrons. The van der Waals surface area contributed by atoms with E-state index in [9.17, 15) is 19.5 Å². The minimum atomic E-state index is -1.22. The fourth-order valence-corrected chi connectivity index (χ4v) is 8.44. The van der Waals surface area contributed by atoms with Crippen LogP contribution in [0, 0.1) is 46.3 Å². The molecule has 10 atom stereocenters. The van der Waals surface area contributed by atoms with E-state index in [0.717, 1.165) is 6.42 Å². The largest absolute Gasteiger partial charge is 0.458 e. The summed E-state index contributed by atoms with van der Waals surface area (Å²) in [7, 11) is 0. The second-order valence-corrected chi connectivity index (χ2v) is 11.2. The Balaban J connectivity index is 1.44. The summed E-state index contributed by atoms with van der Waals surface area (Å²) in [6.07, 6.45) is 5.52. The molecule has 0 heterocycles. The van der Waals surface area contributed by atoms with Crippen LogP contribution in [0.1, 0.15) is 52.9 Å². The lowest BCUT2D eigenvalue weighted by Crippen LogP contribution is -2.59. The van der Waals surface area contributed by atoms with E-state index >= 15 is 4.39 Å². The lowest BCUT2D eigenvalue weighted by Gasteiger charge is -2.60. The van der Waals surface area contributed by atoms with Gasteiger partial charge in [-0.25, -0.2) is 4.39 Å². The minimum Gasteiger partial charge on any atom is -0.458 e. The van der Waals surface area contributed by atoms with Gasteiger partial charge >= 0.3 is 5.97 Å². The van der Waals surface area contributed by atoms with Crippen molar-refractivity contribution in [2.45, 2.75) is 65.2 Å². The van der Waals surface area contributed by atoms with Gasteiger partial charge in [0.1, 0.15) is 12.8 Å². The predicted molar refractivity (Wildman–Crippen MR) is 115 cm³/mol. The molecule has 1 N–H and O–H groups in total. The van der Waals surface area contributed by atoms with Crippen LogP contribution in [-0.4, -0.2) is 41.5 Å². The summed E-state index contributed by atoms with van der Waals surface area (Å²) in [5.74, 6) is -0.321. The first-order chi connectivity index (χ1) is 15.1. The molecule has 6 heteroatoms. The number of aliphatic hydroxyl groups excluding tert-OH is 1. The van der Waals surface area contributed by atoms with Crippen LogP contribution in [0.3, 0.4) is 0 Å². The molecule has 0 aromatic rings. The van der Waals surface area contributed by atoms with E-state index in [4.69, 9.17) is 4.74 Å². The number of hydrogen-bond acceptors (Lipinski definition) is 5. The monoisotopic (exact) mass is 444 g/mol. The zero-order valence-electron chi connectivity index (χ0n) is 19.1. The number of carbonyl (C=O) groups excluding carboxylic acids is 3. The Kier molecular flexibility index (Phi) is 5.05. The Bertz CT molecular complexity index is 923. The number of hydrogen-bond donors (Lipinski definition) is 1. The highest BCUT2D eigenvalue weighted by atomic mass is 19.1. The van der Waals surface area contributed by atoms with Crippen LogP contribution >= 0.6 is 0 Å². The van der Waals surface area contributed by atoms with Crippen molar-refractivity contribution in [3.05, 3.63) is 23.8 Å². The number of allylic oxidation sites excluding steroid dienone is 4. The van der Waals surface area contributed by atoms with Crippen LogP contribution in [0.5, 0.6) is 0 Å². The van der Waals surface area contributed by atoms with Gasteiger partial charge < -0.3 is 9.84 Å². The molecular weight excluding hydrogens is 411 g/mol. The van der Waals surface area contributed by atoms with Crippen LogP contribution in [0.2, 0.25) is 0 Å². The van der Waals surface area contributed by atoms with Gasteiger partial charge in [0.15, 0.2) is 11.6 Å². The van der Waals surface area contributed by atoms with Crippen LogP contribution in [0.4, 0.5) is 4.39 Å². The minimum absolute atomic E-state index is 0.0470. The molecule has 0 spiro atoms. The molecular formula is C26H33FO5. The third kappa shape index (κ3) is 3.01. The standard InChI is InChI=1S/C26H33FO5/c1-4-5-21(31)32-12-20(30)23-15-9-14(15)22-16-10-18(27)17-8-13(28)6-7-25(17,2)24(16)19(29)11-26(22,23)3/h6-8,14-16,18-19,22-24,29H,4-5,9-12H2,1-3H3/t14-,15+,16-,18-,19-,22-,23+,24+,25-,26-/m0/s1. The molecule has 0 aromatic carbocycles. The first-order valence-electron chi connectivity index (χ1n) is 12.1. The Morgan fingerprint density at radius 3 is 2.66 bits per heavy atom. The number of ether oxygens (including phenoxy) is 1. The van der Waals surface area contributed by atoms with E-state index in [1.54, 1.807) is 6.08 Å². The average molecular weight is 445 g/mol. The van der Waals surface area contributed by atoms with Crippen molar-refractivity contribution in [1.82, 2.24) is 0 Å². The van der Waals surface area contributed by atoms with Crippen molar-refractivity contribution in [1.29, 1.82) is 0 Å². The van der Waals surface area contributed by atoms with Gasteiger partial charge in [0.2, 0.25) is 0 Å². The number of aliphatic hydroxyl groups is 1. The molecule has 0 aliphatic heterocycles. The maximum atomic E-state index is 15.4. The molecule has 5 aliphatic carbocycles. The van der Waals surface area contributed by atoms with Crippen molar-refractivity contribution < 1.29 is 28.6 Å². The topological polar surface area (TPSA) is 80.7 Å². The predicted octanol–water partition coefficient (Wildman–Crippen LogP) is 3.60. The highest BCUT2D eigenvalue weighted by Gasteiger charge is 2.73. The van der Waals surface area contributed by atoms with Gasteiger partial charge in [-0.15, -0.1) is 0 Å². The number of fused-ring (bicyclic) bond motifs is 7. The first kappa shape index (κ1) is 22.0. The molecule has 0 saturated heterocycles. The van der Waals surface area contributed by atoms with Gasteiger partial charge in [-0.3, -0.25) is 14.4 Å². The second kappa shape index (κ2) is 7.34. The van der Waals surface area contributed by atoms with Gasteiger partial charge in [-0.2, -0.15) is 0 Å². The van der Waals surface area contributed by atoms with E-state index in [0.29, 0.717) is 37.2 Å². The number of Topliss-reactive ketones (excluding diaryl/α,β-unsaturated/α-hetero) is 1. The Morgan fingerprint density at radius 2 is 1.94 bits per heavy atom. The molecule has 0 amide bonds. The van der Waals surface area contributed by atoms with Crippen molar-refractivity contribution in [2.75, 3.05) is 6.61 Å². The van der Waals surface area contributed by atoms with Gasteiger partial charge in [-0.05, 0) is 72.5 Å². The first-order valence-corrected chi connectivity index (χ1v) is 12.1. The quantitative estimate of drug-likeness (QED) is 0.656. The molecule has 0 bridgehead atoms. The van der Waals surface area contributed by atoms with Crippen LogP contribution in [-0.2, 0) is 19.1 Å². The molecule has 0 radical (unpaired) electrons. The zero-order valence-corrected chi connectivity index (χ0v) is 19.1. The lowest BCUT2D eigenvalue weighted by atomic mass is 9.45. The third-order valence-corrected chi connectivity index (χ3v) is 9.44. The molecule has 0 unspecified atom stereocenters. The summed E-state index contributed by atoms with van der Waals surface area (Å²) in [6, 6.07) is 0. The SMILES string of the molecule is CCCC(=O)OCC(=O)[C@H]1[C@@H]2C[C@@H]2[C@H]2[C@@H]3C[C@H](F)C4=CC(=O)C=C[C@]4(C)[C@H]3[C@@H](O)C[C@@]21C. The fourth-order valence-electron chi connectivity index (χ4n) is 8.44. The number of alkyl halides is 1. The maximum Gasteiger partial charge on any atom is 0.306 e. The summed E-state index contributed by atoms with van der Waals surface area (Å²) >= 11 is 0. The van der Waals surface area contributed by atoms with Crippen molar-refractivity contribution in [3.63, 3.8) is 0 Å². The summed E-state index contributed by atoms with van der Waals surface area (Å²) < 4.78 is 20.7. The van der Waals surface area contributed by atoms with Gasteiger partial charge in [0.25, 0.3) is 0 Å². The third-order valence-electron chi connectivity index (χ3n) is 9.44. The lowest BCUT2D eigenvalue weighted by molar-refractivity contribution is -0.157. The Labute approximate surface area is 188 Å². The van der Waals surface area contributed by atoms with Gasteiger partial charge in [-0.1, -0.05) is 26.8 Å². The summed E-state index contributed by atoms with van der Waals surface area (Å²) in [6.45, 7) is 5.72. The number of ketones is 2. The summed E-state index contributed by atoms with van der Waals surface area (Å²) in [5.41, 5.74) is -0.609. The van der Waals surface area contributed by atoms with Crippen molar-refractivity contribution in [2.24, 2.45) is 46.3 Å². The average Bonchev–Trinajstić information content (AvgIpc) is 3.41. The second-order valence-electron chi connectivity index (χ2n) is 11.2. The number of halogens is 1. The normalized spacial score (nSPS) is 48.2. The molecule has 0 aromatic heterocycles. The molecule has 5 nitrogen and oxygen atoms in total. The number of esters is 1. The number of carbonyl (C=O) groups is 3. The maximum absolute atomic E-state index is 15.4. The molecule has 4 saturated carbocycles. The Hall–Kier alpha value is -1.82. The molecule has 32 heavy (non-hydrogen) atoms. The molecule has 5 aliphatic rings. The summed E-state index contributed by atoms with van der Waals surface area (Å²) in [5, 5.41) is 11.4. The number of rotatable bonds is 5. The van der Waals surface area contributed by atoms with Crippen LogP contribution < -0.4 is 0 Å². The Morgan fingerprint density at radius 1 is 1.19 bits per heavy atom. The smallest absolute Gasteiger partial charge is 0.306 e. The van der Waals surface area contributed by atoms with Crippen LogP contribution in [0.25, 0.3) is 0 Å². The van der Waals surface area contributed by atoms with Crippen LogP contribution in [0.15, 0.2) is 23.8 Å². The van der Waals surface area contributed by atoms with E-state index in [2.05, 4.69) is 6.92 Å². The van der Waals surface area contributed by atoms with E-state index in [-0.39, 0.29) is 53.7 Å². The zero-order chi connectivity index (χ0) is 23.0. The van der Waals surface area contributed by atoms with Crippen molar-refractivity contribution >= 4 is 17.5 Å². The highest BCUT2D eigenvalue weighted by molar-refractivity contribution is 6.01. The molecule has 5 rings (SSSR count). The molecule has 4 fully saturated rings. The van der Waals surface area contributed by atoms with E-state index in [1.165, 1.54) is 12.2 Å². The van der Waals surface area contributed by atoms with E-state index < -0.39 is 23.1 Å². The van der Waals surface area contributed by atoms with Crippen molar-refractivity contribution in [3.8, 4) is 0 Å². The highest BCUT2D eigenvalue weighted by Crippen LogP contribution is 2.75.